The van der Waals surface area contributed by atoms with E-state index in [1.54, 1.807) is 18.7 Å². The number of Topliss-reactive ketones (excluding diaryl/α,β-unsaturated/α-hetero) is 1. The van der Waals surface area contributed by atoms with Crippen molar-refractivity contribution in [3.63, 3.8) is 0 Å². The van der Waals surface area contributed by atoms with E-state index in [1.165, 1.54) is 0 Å². The van der Waals surface area contributed by atoms with Crippen LogP contribution in [0, 0.1) is 0 Å². The van der Waals surface area contributed by atoms with Gasteiger partial charge in [-0.25, -0.2) is 0 Å². The maximum absolute atomic E-state index is 13.7. The lowest BCUT2D eigenvalue weighted by atomic mass is 9.73. The lowest BCUT2D eigenvalue weighted by Gasteiger charge is -2.40. The molecule has 8 heteroatoms. The van der Waals surface area contributed by atoms with Crippen LogP contribution in [0.25, 0.3) is 10.9 Å². The van der Waals surface area contributed by atoms with Crippen LogP contribution in [0.5, 0.6) is 0 Å². The Bertz CT molecular complexity index is 1300. The second kappa shape index (κ2) is 9.71. The summed E-state index contributed by atoms with van der Waals surface area (Å²) in [4.78, 5) is 44.6. The van der Waals surface area contributed by atoms with Gasteiger partial charge < -0.3 is 20.9 Å². The smallest absolute Gasteiger partial charge is 0.245 e. The fourth-order valence-corrected chi connectivity index (χ4v) is 5.58. The van der Waals surface area contributed by atoms with Gasteiger partial charge in [0.25, 0.3) is 0 Å². The second-order valence-electron chi connectivity index (χ2n) is 10.5. The van der Waals surface area contributed by atoms with Crippen molar-refractivity contribution in [1.29, 1.82) is 0 Å². The zero-order valence-electron chi connectivity index (χ0n) is 20.7. The predicted octanol–water partition coefficient (Wildman–Crippen LogP) is 3.04. The molecule has 1 aliphatic heterocycles. The van der Waals surface area contributed by atoms with Crippen LogP contribution in [-0.2, 0) is 32.6 Å². The summed E-state index contributed by atoms with van der Waals surface area (Å²) in [6, 6.07) is 15.2. The number of rotatable bonds is 5. The Hall–Kier alpha value is -3.16. The summed E-state index contributed by atoms with van der Waals surface area (Å²) in [6.07, 6.45) is 3.92. The third-order valence-corrected chi connectivity index (χ3v) is 7.63. The lowest BCUT2D eigenvalue weighted by molar-refractivity contribution is -0.140. The van der Waals surface area contributed by atoms with E-state index in [2.05, 4.69) is 16.4 Å². The van der Waals surface area contributed by atoms with Crippen LogP contribution in [0.15, 0.2) is 54.7 Å². The first-order chi connectivity index (χ1) is 16.7. The number of carbonyl (C=O) groups excluding carboxylic acids is 3. The molecule has 1 aliphatic carbocycles. The van der Waals surface area contributed by atoms with Crippen molar-refractivity contribution in [2.24, 2.45) is 5.73 Å². The highest BCUT2D eigenvalue weighted by Gasteiger charge is 2.48. The number of likely N-dealkylation sites (tertiary alicyclic amines) is 1. The zero-order valence-corrected chi connectivity index (χ0v) is 21.5. The van der Waals surface area contributed by atoms with Crippen LogP contribution < -0.4 is 11.1 Å². The molecule has 2 aromatic carbocycles. The number of hydrogen-bond acceptors (Lipinski definition) is 4. The number of hydrogen-bond donors (Lipinski definition) is 3. The zero-order chi connectivity index (χ0) is 24.8. The number of aromatic nitrogens is 1. The van der Waals surface area contributed by atoms with Gasteiger partial charge in [0.2, 0.25) is 11.8 Å². The minimum absolute atomic E-state index is 0. The van der Waals surface area contributed by atoms with Gasteiger partial charge in [-0.15, -0.1) is 12.4 Å². The SMILES string of the molecule is CC(C)(N)C(=O)NC(Cc1c[nH]c2ccccc12)C(=O)N1CCC2(CC1)C(=O)Cc1ccccc12.Cl. The van der Waals surface area contributed by atoms with Gasteiger partial charge in [-0.1, -0.05) is 42.5 Å². The van der Waals surface area contributed by atoms with Crippen LogP contribution in [0.1, 0.15) is 43.4 Å². The number of nitrogens with one attached hydrogen (secondary N) is 2. The Morgan fingerprint density at radius 3 is 2.50 bits per heavy atom. The van der Waals surface area contributed by atoms with Crippen molar-refractivity contribution < 1.29 is 14.4 Å². The number of carbonyl (C=O) groups is 3. The molecule has 3 aromatic rings. The van der Waals surface area contributed by atoms with Gasteiger partial charge in [-0.05, 0) is 49.4 Å². The molecule has 1 unspecified atom stereocenters. The fourth-order valence-electron chi connectivity index (χ4n) is 5.58. The first-order valence-electron chi connectivity index (χ1n) is 12.2. The molecule has 2 amide bonds. The minimum Gasteiger partial charge on any atom is -0.361 e. The number of H-pyrrole nitrogens is 1. The number of nitrogens with zero attached hydrogens (tertiary/aromatic N) is 1. The van der Waals surface area contributed by atoms with Crippen molar-refractivity contribution in [2.45, 2.75) is 56.5 Å². The van der Waals surface area contributed by atoms with Gasteiger partial charge in [-0.2, -0.15) is 0 Å². The number of fused-ring (bicyclic) bond motifs is 3. The average molecular weight is 509 g/mol. The van der Waals surface area contributed by atoms with E-state index < -0.39 is 17.0 Å². The molecule has 36 heavy (non-hydrogen) atoms. The Labute approximate surface area is 217 Å². The molecule has 1 saturated heterocycles. The molecule has 1 spiro atoms. The van der Waals surface area contributed by atoms with Crippen molar-refractivity contribution >= 4 is 40.9 Å². The molecular formula is C28H33ClN4O3. The lowest BCUT2D eigenvalue weighted by Crippen LogP contribution is -2.58. The monoisotopic (exact) mass is 508 g/mol. The number of aromatic amines is 1. The topological polar surface area (TPSA) is 108 Å². The molecule has 2 aliphatic rings. The summed E-state index contributed by atoms with van der Waals surface area (Å²) in [5.41, 5.74) is 8.59. The molecule has 1 atom stereocenters. The Balaban J connectivity index is 0.00000304. The van der Waals surface area contributed by atoms with Crippen LogP contribution in [0.3, 0.4) is 0 Å². The standard InChI is InChI=1S/C28H32N4O3.ClH/c1-27(2,29)26(35)31-23(15-19-17-30-22-10-6-4-8-20(19)22)25(34)32-13-11-28(12-14-32)21-9-5-3-7-18(21)16-24(28)33;/h3-10,17,23,30H,11-16,29H2,1-2H3,(H,31,35);1H. The maximum Gasteiger partial charge on any atom is 0.245 e. The van der Waals surface area contributed by atoms with E-state index >= 15 is 0 Å². The normalized spacial score (nSPS) is 17.5. The van der Waals surface area contributed by atoms with E-state index in [4.69, 9.17) is 5.73 Å². The molecule has 0 bridgehead atoms. The Kier molecular flexibility index (Phi) is 6.99. The van der Waals surface area contributed by atoms with Gasteiger partial charge >= 0.3 is 0 Å². The summed E-state index contributed by atoms with van der Waals surface area (Å²) in [5, 5.41) is 3.93. The first-order valence-corrected chi connectivity index (χ1v) is 12.2. The summed E-state index contributed by atoms with van der Waals surface area (Å²) in [7, 11) is 0. The Morgan fingerprint density at radius 2 is 1.78 bits per heavy atom. The number of benzene rings is 2. The Morgan fingerprint density at radius 1 is 1.11 bits per heavy atom. The van der Waals surface area contributed by atoms with Gasteiger partial charge in [0.05, 0.1) is 11.0 Å². The molecule has 4 N–H and O–H groups in total. The van der Waals surface area contributed by atoms with Crippen LogP contribution in [0.4, 0.5) is 0 Å². The molecule has 190 valence electrons. The second-order valence-corrected chi connectivity index (χ2v) is 10.5. The van der Waals surface area contributed by atoms with Gasteiger partial charge in [0.15, 0.2) is 0 Å². The van der Waals surface area contributed by atoms with Gasteiger partial charge in [0, 0.05) is 43.0 Å². The molecule has 5 rings (SSSR count). The van der Waals surface area contributed by atoms with Gasteiger partial charge in [-0.3, -0.25) is 14.4 Å². The molecular weight excluding hydrogens is 476 g/mol. The summed E-state index contributed by atoms with van der Waals surface area (Å²) in [5.74, 6) is -0.259. The fraction of sp³-hybridized carbons (Fsp3) is 0.393. The third-order valence-electron chi connectivity index (χ3n) is 7.63. The number of piperidine rings is 1. The average Bonchev–Trinajstić information content (AvgIpc) is 3.37. The van der Waals surface area contributed by atoms with E-state index in [1.807, 2.05) is 48.7 Å². The van der Waals surface area contributed by atoms with Crippen molar-refractivity contribution in [1.82, 2.24) is 15.2 Å². The van der Waals surface area contributed by atoms with Crippen LogP contribution in [0.2, 0.25) is 0 Å². The molecule has 1 fully saturated rings. The molecule has 7 nitrogen and oxygen atoms in total. The molecule has 1 aromatic heterocycles. The summed E-state index contributed by atoms with van der Waals surface area (Å²) >= 11 is 0. The van der Waals surface area contributed by atoms with Crippen molar-refractivity contribution in [2.75, 3.05) is 13.1 Å². The minimum atomic E-state index is -1.11. The van der Waals surface area contributed by atoms with E-state index in [0.717, 1.165) is 27.6 Å². The number of halogens is 1. The molecule has 2 heterocycles. The third kappa shape index (κ3) is 4.53. The van der Waals surface area contributed by atoms with E-state index in [9.17, 15) is 14.4 Å². The van der Waals surface area contributed by atoms with Crippen LogP contribution in [-0.4, -0.2) is 52.2 Å². The predicted molar refractivity (Wildman–Crippen MR) is 142 cm³/mol. The highest BCUT2D eigenvalue weighted by Crippen LogP contribution is 2.44. The number of amides is 2. The quantitative estimate of drug-likeness (QED) is 0.492. The van der Waals surface area contributed by atoms with Gasteiger partial charge in [0.1, 0.15) is 11.8 Å². The highest BCUT2D eigenvalue weighted by atomic mass is 35.5. The molecule has 0 radical (unpaired) electrons. The number of nitrogens with two attached hydrogens (primary N) is 1. The van der Waals surface area contributed by atoms with Crippen LogP contribution >= 0.6 is 12.4 Å². The van der Waals surface area contributed by atoms with E-state index in [0.29, 0.717) is 38.8 Å². The van der Waals surface area contributed by atoms with Crippen molar-refractivity contribution in [3.8, 4) is 0 Å². The maximum atomic E-state index is 13.7. The summed E-state index contributed by atoms with van der Waals surface area (Å²) < 4.78 is 0. The highest BCUT2D eigenvalue weighted by molar-refractivity contribution is 5.97. The molecule has 0 saturated carbocycles. The largest absolute Gasteiger partial charge is 0.361 e. The van der Waals surface area contributed by atoms with E-state index in [-0.39, 0.29) is 30.0 Å². The summed E-state index contributed by atoms with van der Waals surface area (Å²) in [6.45, 7) is 4.21. The first kappa shape index (κ1) is 25.9. The number of para-hydroxylation sites is 1. The number of ketones is 1. The van der Waals surface area contributed by atoms with Crippen molar-refractivity contribution in [3.05, 3.63) is 71.4 Å².